The van der Waals surface area contributed by atoms with Gasteiger partial charge in [-0.05, 0) is 42.5 Å². The zero-order valence-electron chi connectivity index (χ0n) is 11.0. The van der Waals surface area contributed by atoms with E-state index in [9.17, 15) is 0 Å². The first-order chi connectivity index (χ1) is 9.75. The molecule has 1 saturated carbocycles. The van der Waals surface area contributed by atoms with Crippen LogP contribution in [0.3, 0.4) is 0 Å². The van der Waals surface area contributed by atoms with Crippen LogP contribution in [0.25, 0.3) is 0 Å². The van der Waals surface area contributed by atoms with E-state index in [2.05, 4.69) is 22.1 Å². The van der Waals surface area contributed by atoms with Crippen molar-refractivity contribution in [1.29, 1.82) is 0 Å². The monoisotopic (exact) mass is 269 g/mol. The van der Waals surface area contributed by atoms with E-state index in [-0.39, 0.29) is 5.60 Å². The van der Waals surface area contributed by atoms with Gasteiger partial charge in [0, 0.05) is 0 Å². The Morgan fingerprint density at radius 2 is 2.00 bits per heavy atom. The molecule has 0 saturated heterocycles. The molecule has 0 amide bonds. The van der Waals surface area contributed by atoms with Crippen molar-refractivity contribution in [3.63, 3.8) is 0 Å². The normalized spacial score (nSPS) is 18.6. The number of fused-ring (bicyclic) bond motifs is 2. The number of rotatable bonds is 2. The van der Waals surface area contributed by atoms with Gasteiger partial charge in [0.1, 0.15) is 5.75 Å². The van der Waals surface area contributed by atoms with E-state index in [0.29, 0.717) is 18.3 Å². The number of ether oxygens (including phenoxy) is 2. The van der Waals surface area contributed by atoms with Crippen molar-refractivity contribution in [2.45, 2.75) is 31.5 Å². The first-order valence-electron chi connectivity index (χ1n) is 6.78. The molecule has 0 bridgehead atoms. The lowest BCUT2D eigenvalue weighted by atomic mass is 9.75. The Bertz CT molecular complexity index is 651. The topological polar surface area (TPSA) is 70.3 Å². The molecule has 1 aromatic heterocycles. The van der Waals surface area contributed by atoms with Crippen LogP contribution in [-0.2, 0) is 16.9 Å². The fourth-order valence-electron chi connectivity index (χ4n) is 2.86. The molecule has 1 fully saturated rings. The second kappa shape index (κ2) is 4.18. The summed E-state index contributed by atoms with van der Waals surface area (Å²) in [5, 5.41) is 0. The summed E-state index contributed by atoms with van der Waals surface area (Å²) >= 11 is 0. The van der Waals surface area contributed by atoms with E-state index in [1.165, 1.54) is 29.9 Å². The first kappa shape index (κ1) is 11.7. The number of hydrogen-bond donors (Lipinski definition) is 1. The third-order valence-electron chi connectivity index (χ3n) is 4.09. The maximum absolute atomic E-state index is 5.96. The number of nitrogen functional groups attached to an aromatic ring is 1. The molecule has 2 aromatic rings. The highest BCUT2D eigenvalue weighted by atomic mass is 16.5. The van der Waals surface area contributed by atoms with Crippen LogP contribution in [0, 0.1) is 0 Å². The lowest BCUT2D eigenvalue weighted by Crippen LogP contribution is -2.33. The van der Waals surface area contributed by atoms with Crippen molar-refractivity contribution in [3.05, 3.63) is 41.7 Å². The van der Waals surface area contributed by atoms with Crippen LogP contribution in [0.1, 0.15) is 30.4 Å². The highest BCUT2D eigenvalue weighted by molar-refractivity contribution is 5.43. The van der Waals surface area contributed by atoms with E-state index in [4.69, 9.17) is 15.2 Å². The third-order valence-corrected chi connectivity index (χ3v) is 4.09. The summed E-state index contributed by atoms with van der Waals surface area (Å²) in [5.41, 5.74) is 8.54. The second-order valence-corrected chi connectivity index (χ2v) is 5.36. The van der Waals surface area contributed by atoms with Crippen LogP contribution in [0.2, 0.25) is 0 Å². The molecule has 102 valence electrons. The largest absolute Gasteiger partial charge is 0.424 e. The molecule has 0 radical (unpaired) electrons. The molecule has 2 N–H and O–H groups in total. The lowest BCUT2D eigenvalue weighted by molar-refractivity contribution is -0.0944. The Morgan fingerprint density at radius 1 is 1.20 bits per heavy atom. The standard InChI is InChI=1S/C15H15N3O2/c16-11-7-17-14(18-8-11)20-12-3-2-10-9-19-15(4-1-5-15)13(10)6-12/h2-3,6-8H,1,4-5,9,16H2. The van der Waals surface area contributed by atoms with Crippen molar-refractivity contribution in [3.8, 4) is 11.8 Å². The van der Waals surface area contributed by atoms with Crippen LogP contribution >= 0.6 is 0 Å². The van der Waals surface area contributed by atoms with Crippen molar-refractivity contribution >= 4 is 5.69 Å². The summed E-state index contributed by atoms with van der Waals surface area (Å²) in [6.07, 6.45) is 6.49. The van der Waals surface area contributed by atoms with Gasteiger partial charge in [-0.15, -0.1) is 0 Å². The summed E-state index contributed by atoms with van der Waals surface area (Å²) in [6, 6.07) is 6.36. The minimum atomic E-state index is -0.0589. The van der Waals surface area contributed by atoms with E-state index in [1.807, 2.05) is 6.07 Å². The van der Waals surface area contributed by atoms with Gasteiger partial charge in [-0.3, -0.25) is 0 Å². The van der Waals surface area contributed by atoms with Gasteiger partial charge < -0.3 is 15.2 Å². The van der Waals surface area contributed by atoms with Gasteiger partial charge in [-0.25, -0.2) is 9.97 Å². The number of aromatic nitrogens is 2. The molecule has 20 heavy (non-hydrogen) atoms. The zero-order valence-corrected chi connectivity index (χ0v) is 11.0. The minimum absolute atomic E-state index is 0.0589. The van der Waals surface area contributed by atoms with Crippen molar-refractivity contribution in [2.24, 2.45) is 0 Å². The zero-order chi connectivity index (χ0) is 13.6. The van der Waals surface area contributed by atoms with Crippen LogP contribution in [-0.4, -0.2) is 9.97 Å². The Kier molecular flexibility index (Phi) is 2.44. The van der Waals surface area contributed by atoms with Crippen molar-refractivity contribution < 1.29 is 9.47 Å². The molecule has 1 aromatic carbocycles. The van der Waals surface area contributed by atoms with E-state index in [0.717, 1.165) is 18.6 Å². The highest BCUT2D eigenvalue weighted by Crippen LogP contribution is 2.51. The molecular formula is C15H15N3O2. The van der Waals surface area contributed by atoms with Gasteiger partial charge in [0.05, 0.1) is 30.3 Å². The van der Waals surface area contributed by atoms with E-state index >= 15 is 0 Å². The maximum atomic E-state index is 5.96. The average molecular weight is 269 g/mol. The number of benzene rings is 1. The number of nitrogens with zero attached hydrogens (tertiary/aromatic N) is 2. The number of anilines is 1. The summed E-state index contributed by atoms with van der Waals surface area (Å²) in [6.45, 7) is 0.702. The van der Waals surface area contributed by atoms with Crippen LogP contribution in [0.15, 0.2) is 30.6 Å². The number of hydrogen-bond acceptors (Lipinski definition) is 5. The van der Waals surface area contributed by atoms with Crippen LogP contribution in [0.4, 0.5) is 5.69 Å². The van der Waals surface area contributed by atoms with E-state index in [1.54, 1.807) is 0 Å². The molecule has 0 unspecified atom stereocenters. The molecule has 0 atom stereocenters. The highest BCUT2D eigenvalue weighted by Gasteiger charge is 2.45. The quantitative estimate of drug-likeness (QED) is 0.907. The smallest absolute Gasteiger partial charge is 0.322 e. The average Bonchev–Trinajstić information content (AvgIpc) is 2.80. The molecular weight excluding hydrogens is 254 g/mol. The molecule has 5 heteroatoms. The molecule has 4 rings (SSSR count). The Labute approximate surface area is 116 Å². The van der Waals surface area contributed by atoms with Gasteiger partial charge in [-0.2, -0.15) is 0 Å². The van der Waals surface area contributed by atoms with Gasteiger partial charge in [0.25, 0.3) is 0 Å². The maximum Gasteiger partial charge on any atom is 0.322 e. The predicted molar refractivity (Wildman–Crippen MR) is 73.3 cm³/mol. The van der Waals surface area contributed by atoms with Gasteiger partial charge in [-0.1, -0.05) is 6.07 Å². The third kappa shape index (κ3) is 1.74. The first-order valence-corrected chi connectivity index (χ1v) is 6.78. The van der Waals surface area contributed by atoms with Crippen LogP contribution < -0.4 is 10.5 Å². The predicted octanol–water partition coefficient (Wildman–Crippen LogP) is 2.76. The Hall–Kier alpha value is -2.14. The Morgan fingerprint density at radius 3 is 2.70 bits per heavy atom. The van der Waals surface area contributed by atoms with Gasteiger partial charge in [0.2, 0.25) is 0 Å². The Balaban J connectivity index is 1.64. The molecule has 5 nitrogen and oxygen atoms in total. The molecule has 2 heterocycles. The molecule has 1 aliphatic heterocycles. The minimum Gasteiger partial charge on any atom is -0.424 e. The summed E-state index contributed by atoms with van der Waals surface area (Å²) in [4.78, 5) is 8.10. The van der Waals surface area contributed by atoms with Gasteiger partial charge in [0.15, 0.2) is 0 Å². The summed E-state index contributed by atoms with van der Waals surface area (Å²) in [7, 11) is 0. The fraction of sp³-hybridized carbons (Fsp3) is 0.333. The van der Waals surface area contributed by atoms with Crippen molar-refractivity contribution in [1.82, 2.24) is 9.97 Å². The molecule has 1 aliphatic carbocycles. The van der Waals surface area contributed by atoms with E-state index < -0.39 is 0 Å². The second-order valence-electron chi connectivity index (χ2n) is 5.36. The molecule has 2 aliphatic rings. The van der Waals surface area contributed by atoms with Crippen molar-refractivity contribution in [2.75, 3.05) is 5.73 Å². The molecule has 1 spiro atoms. The van der Waals surface area contributed by atoms with Gasteiger partial charge >= 0.3 is 6.01 Å². The fourth-order valence-corrected chi connectivity index (χ4v) is 2.86. The summed E-state index contributed by atoms with van der Waals surface area (Å²) < 4.78 is 11.7. The summed E-state index contributed by atoms with van der Waals surface area (Å²) in [5.74, 6) is 0.741. The SMILES string of the molecule is Nc1cnc(Oc2ccc3c(c2)C2(CCC2)OC3)nc1. The van der Waals surface area contributed by atoms with Crippen LogP contribution in [0.5, 0.6) is 11.8 Å². The number of nitrogens with two attached hydrogens (primary N) is 1. The lowest BCUT2D eigenvalue weighted by Gasteiger charge is -2.38.